The molecular formula is C23H24. The maximum Gasteiger partial charge on any atom is -0.00244 e. The molecule has 1 saturated carbocycles. The zero-order valence-corrected chi connectivity index (χ0v) is 13.6. The summed E-state index contributed by atoms with van der Waals surface area (Å²) < 4.78 is 0. The fourth-order valence-electron chi connectivity index (χ4n) is 5.74. The Bertz CT molecular complexity index is 748. The average molecular weight is 300 g/mol. The summed E-state index contributed by atoms with van der Waals surface area (Å²) >= 11 is 0. The van der Waals surface area contributed by atoms with Gasteiger partial charge in [0.05, 0.1) is 0 Å². The van der Waals surface area contributed by atoms with Crippen molar-refractivity contribution in [2.24, 2.45) is 23.7 Å². The first-order valence-electron chi connectivity index (χ1n) is 9.24. The summed E-state index contributed by atoms with van der Waals surface area (Å²) in [5, 5.41) is 2.86. The molecule has 23 heavy (non-hydrogen) atoms. The van der Waals surface area contributed by atoms with Gasteiger partial charge in [-0.1, -0.05) is 66.8 Å². The third-order valence-corrected chi connectivity index (χ3v) is 6.60. The first-order chi connectivity index (χ1) is 11.4. The summed E-state index contributed by atoms with van der Waals surface area (Å²) in [5.74, 6) is 3.96. The van der Waals surface area contributed by atoms with Crippen LogP contribution in [0.1, 0.15) is 37.2 Å². The van der Waals surface area contributed by atoms with E-state index in [2.05, 4.69) is 66.8 Å². The van der Waals surface area contributed by atoms with Crippen LogP contribution in [-0.2, 0) is 0 Å². The maximum atomic E-state index is 2.56. The van der Waals surface area contributed by atoms with Crippen LogP contribution in [-0.4, -0.2) is 0 Å². The highest BCUT2D eigenvalue weighted by Gasteiger charge is 2.49. The molecule has 0 radical (unpaired) electrons. The number of hydrogen-bond donors (Lipinski definition) is 0. The van der Waals surface area contributed by atoms with Crippen LogP contribution >= 0.6 is 0 Å². The van der Waals surface area contributed by atoms with Gasteiger partial charge < -0.3 is 0 Å². The van der Waals surface area contributed by atoms with E-state index in [0.717, 1.165) is 23.7 Å². The standard InChI is InChI=1S/C23H24/c1-2-10-17-16(8-1)9-7-15-20(17)23-21-13-5-3-11-18(21)19-12-4-6-14-22(19)23/h1-2,5-10,13-15,18-19,21-23H,3-4,11-12H2/t18-,19+,21-,22-,23?/m1/s1. The van der Waals surface area contributed by atoms with Crippen molar-refractivity contribution in [2.75, 3.05) is 0 Å². The van der Waals surface area contributed by atoms with E-state index >= 15 is 0 Å². The minimum absolute atomic E-state index is 0.671. The quantitative estimate of drug-likeness (QED) is 0.558. The molecule has 0 heterocycles. The molecule has 0 spiro atoms. The lowest BCUT2D eigenvalue weighted by Crippen LogP contribution is -2.19. The highest BCUT2D eigenvalue weighted by Crippen LogP contribution is 2.58. The van der Waals surface area contributed by atoms with Gasteiger partial charge in [0, 0.05) is 0 Å². The lowest BCUT2D eigenvalue weighted by molar-refractivity contribution is 0.276. The number of rotatable bonds is 1. The molecule has 5 rings (SSSR count). The molecule has 1 fully saturated rings. The van der Waals surface area contributed by atoms with Crippen LogP contribution in [0.2, 0.25) is 0 Å². The monoisotopic (exact) mass is 300 g/mol. The highest BCUT2D eigenvalue weighted by atomic mass is 14.5. The van der Waals surface area contributed by atoms with Crippen molar-refractivity contribution in [2.45, 2.75) is 31.6 Å². The maximum absolute atomic E-state index is 2.56. The topological polar surface area (TPSA) is 0 Å². The van der Waals surface area contributed by atoms with Gasteiger partial charge in [-0.3, -0.25) is 0 Å². The first kappa shape index (κ1) is 13.6. The van der Waals surface area contributed by atoms with Crippen molar-refractivity contribution in [1.82, 2.24) is 0 Å². The molecule has 5 atom stereocenters. The van der Waals surface area contributed by atoms with Crippen molar-refractivity contribution >= 4 is 10.8 Å². The largest absolute Gasteiger partial charge is 0.0882 e. The van der Waals surface area contributed by atoms with Crippen LogP contribution < -0.4 is 0 Å². The summed E-state index contributed by atoms with van der Waals surface area (Å²) in [6.07, 6.45) is 15.4. The van der Waals surface area contributed by atoms with Crippen LogP contribution in [0.15, 0.2) is 66.8 Å². The van der Waals surface area contributed by atoms with Crippen molar-refractivity contribution in [3.8, 4) is 0 Å². The van der Waals surface area contributed by atoms with E-state index in [1.165, 1.54) is 36.5 Å². The minimum atomic E-state index is 0.671. The Kier molecular flexibility index (Phi) is 3.18. The molecule has 0 bridgehead atoms. The van der Waals surface area contributed by atoms with Crippen LogP contribution in [0.5, 0.6) is 0 Å². The molecule has 0 heteroatoms. The van der Waals surface area contributed by atoms with Gasteiger partial charge in [-0.15, -0.1) is 0 Å². The molecular weight excluding hydrogens is 276 g/mol. The molecule has 0 amide bonds. The predicted octanol–water partition coefficient (Wildman–Crippen LogP) is 6.10. The second kappa shape index (κ2) is 5.37. The van der Waals surface area contributed by atoms with E-state index in [1.807, 2.05) is 0 Å². The summed E-state index contributed by atoms with van der Waals surface area (Å²) in [6.45, 7) is 0. The Balaban J connectivity index is 1.70. The number of allylic oxidation sites excluding steroid dienone is 4. The molecule has 1 unspecified atom stereocenters. The average Bonchev–Trinajstić information content (AvgIpc) is 2.96. The van der Waals surface area contributed by atoms with Crippen molar-refractivity contribution in [1.29, 1.82) is 0 Å². The Hall–Kier alpha value is -1.82. The van der Waals surface area contributed by atoms with Gasteiger partial charge in [-0.05, 0) is 71.6 Å². The van der Waals surface area contributed by atoms with Gasteiger partial charge >= 0.3 is 0 Å². The van der Waals surface area contributed by atoms with Crippen molar-refractivity contribution in [3.63, 3.8) is 0 Å². The van der Waals surface area contributed by atoms with Gasteiger partial charge in [0.15, 0.2) is 0 Å². The zero-order valence-electron chi connectivity index (χ0n) is 13.6. The van der Waals surface area contributed by atoms with E-state index < -0.39 is 0 Å². The lowest BCUT2D eigenvalue weighted by atomic mass is 9.77. The second-order valence-corrected chi connectivity index (χ2v) is 7.59. The van der Waals surface area contributed by atoms with E-state index in [4.69, 9.17) is 0 Å². The molecule has 0 aromatic heterocycles. The summed E-state index contributed by atoms with van der Waals surface area (Å²) in [6, 6.07) is 15.9. The molecule has 3 aliphatic rings. The van der Waals surface area contributed by atoms with E-state index in [1.54, 1.807) is 5.56 Å². The van der Waals surface area contributed by atoms with E-state index in [-0.39, 0.29) is 0 Å². The Morgan fingerprint density at radius 1 is 0.696 bits per heavy atom. The van der Waals surface area contributed by atoms with Crippen molar-refractivity contribution < 1.29 is 0 Å². The third kappa shape index (κ3) is 2.04. The fourth-order valence-corrected chi connectivity index (χ4v) is 5.74. The highest BCUT2D eigenvalue weighted by molar-refractivity contribution is 5.86. The van der Waals surface area contributed by atoms with Crippen LogP contribution in [0, 0.1) is 23.7 Å². The Morgan fingerprint density at radius 2 is 1.35 bits per heavy atom. The fraction of sp³-hybridized carbons (Fsp3) is 0.391. The molecule has 0 saturated heterocycles. The second-order valence-electron chi connectivity index (χ2n) is 7.59. The predicted molar refractivity (Wildman–Crippen MR) is 97.4 cm³/mol. The lowest BCUT2D eigenvalue weighted by Gasteiger charge is -2.28. The molecule has 0 aliphatic heterocycles. The number of benzene rings is 2. The SMILES string of the molecule is C1=C[C@H]2C(c3cccc4ccccc34)[C@@H]3C=CCC[C@H]3[C@H]2CC1. The van der Waals surface area contributed by atoms with Crippen molar-refractivity contribution in [3.05, 3.63) is 72.3 Å². The molecule has 2 aromatic rings. The summed E-state index contributed by atoms with van der Waals surface area (Å²) in [5.41, 5.74) is 1.59. The van der Waals surface area contributed by atoms with Crippen LogP contribution in [0.3, 0.4) is 0 Å². The van der Waals surface area contributed by atoms with Gasteiger partial charge in [-0.2, -0.15) is 0 Å². The van der Waals surface area contributed by atoms with Gasteiger partial charge in [0.2, 0.25) is 0 Å². The molecule has 116 valence electrons. The summed E-state index contributed by atoms with van der Waals surface area (Å²) in [7, 11) is 0. The van der Waals surface area contributed by atoms with Crippen LogP contribution in [0.4, 0.5) is 0 Å². The number of hydrogen-bond acceptors (Lipinski definition) is 0. The van der Waals surface area contributed by atoms with Crippen LogP contribution in [0.25, 0.3) is 10.8 Å². The molecule has 3 aliphatic carbocycles. The minimum Gasteiger partial charge on any atom is -0.0882 e. The zero-order chi connectivity index (χ0) is 15.2. The Morgan fingerprint density at radius 3 is 2.09 bits per heavy atom. The smallest absolute Gasteiger partial charge is 0.00244 e. The van der Waals surface area contributed by atoms with E-state index in [0.29, 0.717) is 5.92 Å². The van der Waals surface area contributed by atoms with Gasteiger partial charge in [-0.25, -0.2) is 0 Å². The van der Waals surface area contributed by atoms with Gasteiger partial charge in [0.25, 0.3) is 0 Å². The Labute approximate surface area is 138 Å². The third-order valence-electron chi connectivity index (χ3n) is 6.60. The molecule has 0 nitrogen and oxygen atoms in total. The summed E-state index contributed by atoms with van der Waals surface area (Å²) in [4.78, 5) is 0. The van der Waals surface area contributed by atoms with Gasteiger partial charge in [0.1, 0.15) is 0 Å². The normalized spacial score (nSPS) is 35.2. The molecule has 0 N–H and O–H groups in total. The first-order valence-corrected chi connectivity index (χ1v) is 9.24. The molecule has 2 aromatic carbocycles. The van der Waals surface area contributed by atoms with E-state index in [9.17, 15) is 0 Å². The number of fused-ring (bicyclic) bond motifs is 4.